The van der Waals surface area contributed by atoms with Crippen LogP contribution >= 0.6 is 23.8 Å². The van der Waals surface area contributed by atoms with Crippen LogP contribution in [0.15, 0.2) is 54.6 Å². The number of ether oxygens (including phenoxy) is 2. The van der Waals surface area contributed by atoms with Crippen LogP contribution in [0, 0.1) is 0 Å². The molecule has 0 aliphatic heterocycles. The maximum atomic E-state index is 11.8. The van der Waals surface area contributed by atoms with Crippen LogP contribution in [0.25, 0.3) is 6.08 Å². The van der Waals surface area contributed by atoms with Crippen molar-refractivity contribution in [2.75, 3.05) is 13.7 Å². The molecule has 2 amide bonds. The van der Waals surface area contributed by atoms with Gasteiger partial charge in [-0.1, -0.05) is 23.7 Å². The van der Waals surface area contributed by atoms with Crippen LogP contribution in [0.3, 0.4) is 0 Å². The lowest BCUT2D eigenvalue weighted by Gasteiger charge is -2.10. The molecule has 0 spiro atoms. The van der Waals surface area contributed by atoms with Crippen molar-refractivity contribution in [3.63, 3.8) is 0 Å². The first-order valence-electron chi connectivity index (χ1n) is 8.06. The van der Waals surface area contributed by atoms with Crippen molar-refractivity contribution in [1.29, 1.82) is 0 Å². The Hall–Kier alpha value is -3.10. The Balaban J connectivity index is 1.68. The summed E-state index contributed by atoms with van der Waals surface area (Å²) >= 11 is 10.7. The first kappa shape index (κ1) is 21.2. The summed E-state index contributed by atoms with van der Waals surface area (Å²) in [5.41, 5.74) is 5.56. The van der Waals surface area contributed by atoms with Crippen LogP contribution in [-0.2, 0) is 9.59 Å². The maximum Gasteiger partial charge on any atom is 0.276 e. The summed E-state index contributed by atoms with van der Waals surface area (Å²) in [5, 5.41) is 2.93. The van der Waals surface area contributed by atoms with Crippen LogP contribution in [0.4, 0.5) is 0 Å². The van der Waals surface area contributed by atoms with E-state index in [0.717, 1.165) is 11.3 Å². The molecule has 0 unspecified atom stereocenters. The van der Waals surface area contributed by atoms with Crippen LogP contribution in [0.2, 0.25) is 5.02 Å². The van der Waals surface area contributed by atoms with Gasteiger partial charge in [0.05, 0.1) is 7.11 Å². The van der Waals surface area contributed by atoms with E-state index in [4.69, 9.17) is 33.3 Å². The van der Waals surface area contributed by atoms with Crippen molar-refractivity contribution < 1.29 is 19.1 Å². The molecule has 0 aliphatic rings. The molecule has 28 heavy (non-hydrogen) atoms. The highest BCUT2D eigenvalue weighted by Crippen LogP contribution is 2.15. The molecule has 0 aliphatic carbocycles. The average molecular weight is 420 g/mol. The van der Waals surface area contributed by atoms with Gasteiger partial charge < -0.3 is 9.47 Å². The van der Waals surface area contributed by atoms with Gasteiger partial charge in [0, 0.05) is 11.1 Å². The SMILES string of the molecule is COc1ccc(C=CC(=O)NC(=S)NNC(=O)COc2ccc(Cl)cc2)cc1. The van der Waals surface area contributed by atoms with Gasteiger partial charge in [-0.15, -0.1) is 0 Å². The summed E-state index contributed by atoms with van der Waals surface area (Å²) in [7, 11) is 1.58. The predicted octanol–water partition coefficient (Wildman–Crippen LogP) is 2.46. The summed E-state index contributed by atoms with van der Waals surface area (Å²) in [4.78, 5) is 23.5. The van der Waals surface area contributed by atoms with Gasteiger partial charge in [-0.25, -0.2) is 0 Å². The van der Waals surface area contributed by atoms with Crippen molar-refractivity contribution in [3.05, 3.63) is 65.2 Å². The fraction of sp³-hybridized carbons (Fsp3) is 0.105. The number of methoxy groups -OCH3 is 1. The molecule has 0 saturated heterocycles. The fourth-order valence-electron chi connectivity index (χ4n) is 1.91. The van der Waals surface area contributed by atoms with Crippen LogP contribution < -0.4 is 25.6 Å². The van der Waals surface area contributed by atoms with E-state index in [1.807, 2.05) is 0 Å². The summed E-state index contributed by atoms with van der Waals surface area (Å²) in [5.74, 6) is 0.308. The number of rotatable bonds is 6. The number of nitrogens with one attached hydrogen (secondary N) is 3. The largest absolute Gasteiger partial charge is 0.497 e. The number of hydrazine groups is 1. The Labute approximate surface area is 172 Å². The highest BCUT2D eigenvalue weighted by molar-refractivity contribution is 7.80. The standard InChI is InChI=1S/C19H18ClN3O4S/c1-26-15-7-2-13(3-8-15)4-11-17(24)21-19(28)23-22-18(25)12-27-16-9-5-14(20)6-10-16/h2-11H,12H2,1H3,(H,22,25)(H2,21,23,24,28). The van der Waals surface area contributed by atoms with E-state index in [1.165, 1.54) is 6.08 Å². The Kier molecular flexibility index (Phi) is 8.26. The van der Waals surface area contributed by atoms with Gasteiger partial charge in [-0.05, 0) is 60.3 Å². The molecule has 2 rings (SSSR count). The number of carbonyl (C=O) groups excluding carboxylic acids is 2. The van der Waals surface area contributed by atoms with E-state index in [1.54, 1.807) is 61.7 Å². The van der Waals surface area contributed by atoms with E-state index in [-0.39, 0.29) is 11.7 Å². The third-order valence-corrected chi connectivity index (χ3v) is 3.73. The molecule has 3 N–H and O–H groups in total. The van der Waals surface area contributed by atoms with Crippen molar-refractivity contribution >= 4 is 46.8 Å². The summed E-state index contributed by atoms with van der Waals surface area (Å²) < 4.78 is 10.3. The highest BCUT2D eigenvalue weighted by atomic mass is 35.5. The van der Waals surface area contributed by atoms with Crippen LogP contribution in [-0.4, -0.2) is 30.6 Å². The second-order valence-electron chi connectivity index (χ2n) is 5.34. The zero-order valence-electron chi connectivity index (χ0n) is 14.9. The Morgan fingerprint density at radius 2 is 1.68 bits per heavy atom. The quantitative estimate of drug-likeness (QED) is 0.378. The van der Waals surface area contributed by atoms with Gasteiger partial charge in [0.1, 0.15) is 11.5 Å². The molecule has 0 radical (unpaired) electrons. The smallest absolute Gasteiger partial charge is 0.276 e. The van der Waals surface area contributed by atoms with Crippen molar-refractivity contribution in [3.8, 4) is 11.5 Å². The summed E-state index contributed by atoms with van der Waals surface area (Å²) in [6.45, 7) is -0.234. The Morgan fingerprint density at radius 1 is 1.04 bits per heavy atom. The van der Waals surface area contributed by atoms with Crippen LogP contribution in [0.5, 0.6) is 11.5 Å². The zero-order valence-corrected chi connectivity index (χ0v) is 16.5. The van der Waals surface area contributed by atoms with Gasteiger partial charge in [0.15, 0.2) is 11.7 Å². The molecule has 7 nitrogen and oxygen atoms in total. The minimum absolute atomic E-state index is 0.0516. The number of amides is 2. The molecule has 0 bridgehead atoms. The molecular weight excluding hydrogens is 402 g/mol. The molecule has 2 aromatic carbocycles. The topological polar surface area (TPSA) is 88.7 Å². The maximum absolute atomic E-state index is 11.8. The first-order chi connectivity index (χ1) is 13.5. The van der Waals surface area contributed by atoms with Gasteiger partial charge in [-0.2, -0.15) is 0 Å². The molecule has 146 valence electrons. The van der Waals surface area contributed by atoms with Crippen molar-refractivity contribution in [2.45, 2.75) is 0 Å². The van der Waals surface area contributed by atoms with E-state index in [9.17, 15) is 9.59 Å². The summed E-state index contributed by atoms with van der Waals surface area (Å²) in [6.07, 6.45) is 2.94. The number of benzene rings is 2. The molecule has 2 aromatic rings. The van der Waals surface area contributed by atoms with Gasteiger partial charge >= 0.3 is 0 Å². The lowest BCUT2D eigenvalue weighted by atomic mass is 10.2. The Bertz CT molecular complexity index is 854. The first-order valence-corrected chi connectivity index (χ1v) is 8.85. The minimum atomic E-state index is -0.472. The lowest BCUT2D eigenvalue weighted by molar-refractivity contribution is -0.123. The summed E-state index contributed by atoms with van der Waals surface area (Å²) in [6, 6.07) is 13.8. The second-order valence-corrected chi connectivity index (χ2v) is 6.19. The molecule has 9 heteroatoms. The monoisotopic (exact) mass is 419 g/mol. The zero-order chi connectivity index (χ0) is 20.4. The van der Waals surface area contributed by atoms with E-state index < -0.39 is 11.8 Å². The van der Waals surface area contributed by atoms with E-state index in [0.29, 0.717) is 10.8 Å². The number of thiocarbonyl (C=S) groups is 1. The van der Waals surface area contributed by atoms with E-state index in [2.05, 4.69) is 16.2 Å². The number of halogens is 1. The highest BCUT2D eigenvalue weighted by Gasteiger charge is 2.05. The van der Waals surface area contributed by atoms with Crippen LogP contribution in [0.1, 0.15) is 5.56 Å². The van der Waals surface area contributed by atoms with Gasteiger partial charge in [0.25, 0.3) is 5.91 Å². The number of hydrogen-bond acceptors (Lipinski definition) is 5. The second kappa shape index (κ2) is 10.9. The minimum Gasteiger partial charge on any atom is -0.497 e. The predicted molar refractivity (Wildman–Crippen MR) is 111 cm³/mol. The van der Waals surface area contributed by atoms with Gasteiger partial charge in [0.2, 0.25) is 5.91 Å². The molecule has 0 atom stereocenters. The third kappa shape index (κ3) is 7.65. The number of hydrogen-bond donors (Lipinski definition) is 3. The third-order valence-electron chi connectivity index (χ3n) is 3.28. The normalized spacial score (nSPS) is 10.2. The van der Waals surface area contributed by atoms with Crippen molar-refractivity contribution in [1.82, 2.24) is 16.2 Å². The van der Waals surface area contributed by atoms with Gasteiger partial charge in [-0.3, -0.25) is 25.8 Å². The average Bonchev–Trinajstić information content (AvgIpc) is 2.70. The Morgan fingerprint density at radius 3 is 2.32 bits per heavy atom. The lowest BCUT2D eigenvalue weighted by Crippen LogP contribution is -2.49. The molecule has 0 heterocycles. The molecule has 0 saturated carbocycles. The van der Waals surface area contributed by atoms with E-state index >= 15 is 0 Å². The molecular formula is C19H18ClN3O4S. The molecule has 0 fully saturated rings. The molecule has 0 aromatic heterocycles. The van der Waals surface area contributed by atoms with Crippen molar-refractivity contribution in [2.24, 2.45) is 0 Å². The fourth-order valence-corrected chi connectivity index (χ4v) is 2.19. The number of carbonyl (C=O) groups is 2.